The van der Waals surface area contributed by atoms with E-state index in [9.17, 15) is 0 Å². The minimum absolute atomic E-state index is 0.845. The Bertz CT molecular complexity index is 419. The van der Waals surface area contributed by atoms with Gasteiger partial charge < -0.3 is 0 Å². The van der Waals surface area contributed by atoms with E-state index in [4.69, 9.17) is 0 Å². The summed E-state index contributed by atoms with van der Waals surface area (Å²) in [6, 6.07) is 0. The van der Waals surface area contributed by atoms with Gasteiger partial charge in [-0.05, 0) is 13.8 Å². The predicted octanol–water partition coefficient (Wildman–Crippen LogP) is 1.28. The SMILES string of the molecule is Cc1nccnc1-n1ccnc1C. The highest BCUT2D eigenvalue weighted by Crippen LogP contribution is 2.08. The first-order valence-corrected chi connectivity index (χ1v) is 4.07. The van der Waals surface area contributed by atoms with Crippen molar-refractivity contribution in [1.82, 2.24) is 19.5 Å². The molecule has 4 heteroatoms. The van der Waals surface area contributed by atoms with E-state index in [1.807, 2.05) is 24.6 Å². The van der Waals surface area contributed by atoms with Gasteiger partial charge in [0.2, 0.25) is 0 Å². The fourth-order valence-electron chi connectivity index (χ4n) is 1.24. The van der Waals surface area contributed by atoms with Crippen LogP contribution in [0, 0.1) is 13.8 Å². The van der Waals surface area contributed by atoms with Crippen LogP contribution in [0.25, 0.3) is 5.82 Å². The van der Waals surface area contributed by atoms with Crippen LogP contribution in [0.4, 0.5) is 0 Å². The first-order chi connectivity index (χ1) is 6.29. The molecule has 0 radical (unpaired) electrons. The first kappa shape index (κ1) is 7.91. The smallest absolute Gasteiger partial charge is 0.159 e. The third kappa shape index (κ3) is 1.30. The van der Waals surface area contributed by atoms with Crippen LogP contribution in [0.2, 0.25) is 0 Å². The summed E-state index contributed by atoms with van der Waals surface area (Å²) in [5.41, 5.74) is 0.906. The van der Waals surface area contributed by atoms with E-state index >= 15 is 0 Å². The Morgan fingerprint density at radius 1 is 1.00 bits per heavy atom. The monoisotopic (exact) mass is 174 g/mol. The molecule has 13 heavy (non-hydrogen) atoms. The molecule has 0 fully saturated rings. The maximum Gasteiger partial charge on any atom is 0.159 e. The van der Waals surface area contributed by atoms with Crippen molar-refractivity contribution < 1.29 is 0 Å². The van der Waals surface area contributed by atoms with Crippen LogP contribution in [0.3, 0.4) is 0 Å². The molecule has 66 valence electrons. The summed E-state index contributed by atoms with van der Waals surface area (Å²) in [5, 5.41) is 0. The van der Waals surface area contributed by atoms with Gasteiger partial charge in [-0.25, -0.2) is 9.97 Å². The Balaban J connectivity index is 2.59. The summed E-state index contributed by atoms with van der Waals surface area (Å²) in [6.45, 7) is 3.87. The Morgan fingerprint density at radius 2 is 1.77 bits per heavy atom. The minimum Gasteiger partial charge on any atom is -0.287 e. The summed E-state index contributed by atoms with van der Waals surface area (Å²) in [4.78, 5) is 12.5. The van der Waals surface area contributed by atoms with E-state index in [2.05, 4.69) is 15.0 Å². The maximum atomic E-state index is 4.24. The summed E-state index contributed by atoms with van der Waals surface area (Å²) in [5.74, 6) is 1.76. The van der Waals surface area contributed by atoms with Crippen molar-refractivity contribution in [2.24, 2.45) is 0 Å². The predicted molar refractivity (Wildman–Crippen MR) is 48.6 cm³/mol. The minimum atomic E-state index is 0.845. The van der Waals surface area contributed by atoms with Crippen molar-refractivity contribution in [3.8, 4) is 5.82 Å². The van der Waals surface area contributed by atoms with Gasteiger partial charge in [0.05, 0.1) is 5.69 Å². The number of nitrogens with zero attached hydrogens (tertiary/aromatic N) is 4. The van der Waals surface area contributed by atoms with Crippen molar-refractivity contribution >= 4 is 0 Å². The molecule has 0 N–H and O–H groups in total. The quantitative estimate of drug-likeness (QED) is 0.654. The van der Waals surface area contributed by atoms with Crippen LogP contribution in [0.1, 0.15) is 11.5 Å². The molecular weight excluding hydrogens is 164 g/mol. The highest BCUT2D eigenvalue weighted by molar-refractivity contribution is 5.28. The zero-order valence-electron chi connectivity index (χ0n) is 7.60. The van der Waals surface area contributed by atoms with Crippen molar-refractivity contribution in [3.63, 3.8) is 0 Å². The van der Waals surface area contributed by atoms with Gasteiger partial charge in [-0.1, -0.05) is 0 Å². The summed E-state index contributed by atoms with van der Waals surface area (Å²) < 4.78 is 1.92. The summed E-state index contributed by atoms with van der Waals surface area (Å²) in [7, 11) is 0. The Kier molecular flexibility index (Phi) is 1.81. The van der Waals surface area contributed by atoms with Gasteiger partial charge in [0.25, 0.3) is 0 Å². The molecule has 0 atom stereocenters. The molecule has 0 saturated heterocycles. The molecule has 0 spiro atoms. The second kappa shape index (κ2) is 2.97. The van der Waals surface area contributed by atoms with Gasteiger partial charge in [-0.15, -0.1) is 0 Å². The molecule has 0 amide bonds. The highest BCUT2D eigenvalue weighted by Gasteiger charge is 2.04. The second-order valence-electron chi connectivity index (χ2n) is 2.81. The van der Waals surface area contributed by atoms with Gasteiger partial charge in [-0.2, -0.15) is 0 Å². The second-order valence-corrected chi connectivity index (χ2v) is 2.81. The van der Waals surface area contributed by atoms with Crippen LogP contribution in [0.5, 0.6) is 0 Å². The molecular formula is C9H10N4. The number of rotatable bonds is 1. The van der Waals surface area contributed by atoms with Crippen molar-refractivity contribution in [3.05, 3.63) is 36.3 Å². The zero-order valence-corrected chi connectivity index (χ0v) is 7.60. The van der Waals surface area contributed by atoms with E-state index in [0.717, 1.165) is 17.3 Å². The number of imidazole rings is 1. The first-order valence-electron chi connectivity index (χ1n) is 4.07. The van der Waals surface area contributed by atoms with E-state index in [-0.39, 0.29) is 0 Å². The van der Waals surface area contributed by atoms with E-state index in [1.54, 1.807) is 18.6 Å². The van der Waals surface area contributed by atoms with Crippen LogP contribution in [-0.2, 0) is 0 Å². The van der Waals surface area contributed by atoms with Crippen LogP contribution < -0.4 is 0 Å². The highest BCUT2D eigenvalue weighted by atomic mass is 15.1. The average molecular weight is 174 g/mol. The molecule has 2 aromatic rings. The number of hydrogen-bond acceptors (Lipinski definition) is 3. The third-order valence-electron chi connectivity index (χ3n) is 1.91. The fourth-order valence-corrected chi connectivity index (χ4v) is 1.24. The molecule has 4 nitrogen and oxygen atoms in total. The van der Waals surface area contributed by atoms with Crippen molar-refractivity contribution in [1.29, 1.82) is 0 Å². The lowest BCUT2D eigenvalue weighted by Crippen LogP contribution is -2.02. The van der Waals surface area contributed by atoms with E-state index < -0.39 is 0 Å². The molecule has 2 aromatic heterocycles. The lowest BCUT2D eigenvalue weighted by molar-refractivity contribution is 0.898. The molecule has 2 rings (SSSR count). The number of aromatic nitrogens is 4. The van der Waals surface area contributed by atoms with Crippen LogP contribution >= 0.6 is 0 Å². The average Bonchev–Trinajstić information content (AvgIpc) is 2.52. The molecule has 0 aliphatic heterocycles. The topological polar surface area (TPSA) is 43.6 Å². The number of aryl methyl sites for hydroxylation is 2. The van der Waals surface area contributed by atoms with Crippen LogP contribution in [0.15, 0.2) is 24.8 Å². The molecule has 0 aliphatic carbocycles. The van der Waals surface area contributed by atoms with Gasteiger partial charge in [0, 0.05) is 24.8 Å². The summed E-state index contributed by atoms with van der Waals surface area (Å²) in [6.07, 6.45) is 7.00. The third-order valence-corrected chi connectivity index (χ3v) is 1.91. The van der Waals surface area contributed by atoms with Crippen LogP contribution in [-0.4, -0.2) is 19.5 Å². The molecule has 2 heterocycles. The van der Waals surface area contributed by atoms with E-state index in [0.29, 0.717) is 0 Å². The maximum absolute atomic E-state index is 4.24. The van der Waals surface area contributed by atoms with Gasteiger partial charge in [-0.3, -0.25) is 9.55 Å². The lowest BCUT2D eigenvalue weighted by atomic mass is 10.4. The van der Waals surface area contributed by atoms with Gasteiger partial charge >= 0.3 is 0 Å². The number of hydrogen-bond donors (Lipinski definition) is 0. The van der Waals surface area contributed by atoms with Gasteiger partial charge in [0.15, 0.2) is 5.82 Å². The molecule has 0 bridgehead atoms. The molecule has 0 aromatic carbocycles. The van der Waals surface area contributed by atoms with Gasteiger partial charge in [0.1, 0.15) is 5.82 Å². The van der Waals surface area contributed by atoms with Crippen molar-refractivity contribution in [2.45, 2.75) is 13.8 Å². The summed E-state index contributed by atoms with van der Waals surface area (Å²) >= 11 is 0. The normalized spacial score (nSPS) is 10.3. The molecule has 0 unspecified atom stereocenters. The Morgan fingerprint density at radius 3 is 2.38 bits per heavy atom. The van der Waals surface area contributed by atoms with Crippen molar-refractivity contribution in [2.75, 3.05) is 0 Å². The Hall–Kier alpha value is -1.71. The molecule has 0 aliphatic rings. The van der Waals surface area contributed by atoms with E-state index in [1.165, 1.54) is 0 Å². The fraction of sp³-hybridized carbons (Fsp3) is 0.222. The largest absolute Gasteiger partial charge is 0.287 e. The standard InChI is InChI=1S/C9H10N4/c1-7-9(12-4-3-10-7)13-6-5-11-8(13)2/h3-6H,1-2H3. The lowest BCUT2D eigenvalue weighted by Gasteiger charge is -2.04. The Labute approximate surface area is 76.3 Å². The zero-order chi connectivity index (χ0) is 9.26. The molecule has 0 saturated carbocycles.